The lowest BCUT2D eigenvalue weighted by molar-refractivity contribution is 0.0172. The maximum absolute atomic E-state index is 9.82. The number of aliphatic hydroxyl groups is 2. The maximum atomic E-state index is 9.82. The molecule has 2 unspecified atom stereocenters. The Kier molecular flexibility index (Phi) is 5.31. The Bertz CT molecular complexity index is 357. The molecule has 0 bridgehead atoms. The van der Waals surface area contributed by atoms with E-state index in [2.05, 4.69) is 17.8 Å². The predicted molar refractivity (Wildman–Crippen MR) is 65.3 cm³/mol. The molecule has 4 nitrogen and oxygen atoms in total. The van der Waals surface area contributed by atoms with E-state index in [4.69, 9.17) is 5.21 Å². The molecule has 0 saturated carbocycles. The molecule has 3 N–H and O–H groups in total. The van der Waals surface area contributed by atoms with Crippen LogP contribution >= 0.6 is 12.6 Å². The molecule has 0 aliphatic carbocycles. The zero-order valence-electron chi connectivity index (χ0n) is 8.69. The average molecular weight is 241 g/mol. The van der Waals surface area contributed by atoms with Gasteiger partial charge in [-0.15, -0.1) is 0 Å². The van der Waals surface area contributed by atoms with Crippen LogP contribution in [-0.2, 0) is 0 Å². The summed E-state index contributed by atoms with van der Waals surface area (Å²) in [7, 11) is 0. The van der Waals surface area contributed by atoms with Gasteiger partial charge >= 0.3 is 0 Å². The zero-order valence-corrected chi connectivity index (χ0v) is 9.59. The van der Waals surface area contributed by atoms with Crippen LogP contribution in [0.25, 0.3) is 0 Å². The highest BCUT2D eigenvalue weighted by Crippen LogP contribution is 2.19. The van der Waals surface area contributed by atoms with Crippen molar-refractivity contribution in [2.24, 2.45) is 5.16 Å². The highest BCUT2D eigenvalue weighted by Gasteiger charge is 2.17. The molecule has 1 aromatic carbocycles. The minimum absolute atomic E-state index is 0.419. The van der Waals surface area contributed by atoms with E-state index in [0.717, 1.165) is 0 Å². The summed E-state index contributed by atoms with van der Waals surface area (Å²) >= 11 is 4.00. The molecule has 16 heavy (non-hydrogen) atoms. The summed E-state index contributed by atoms with van der Waals surface area (Å²) in [5, 5.41) is 30.7. The number of nitrogens with zero attached hydrogens (tertiary/aromatic N) is 1. The number of aliphatic hydroxyl groups excluding tert-OH is 2. The fourth-order valence-corrected chi connectivity index (χ4v) is 1.67. The Balaban J connectivity index is 2.82. The first-order chi connectivity index (χ1) is 7.69. The summed E-state index contributed by atoms with van der Waals surface area (Å²) in [5.74, 6) is 0.510. The molecule has 0 radical (unpaired) electrons. The second kappa shape index (κ2) is 6.52. The van der Waals surface area contributed by atoms with Crippen LogP contribution in [-0.4, -0.2) is 33.5 Å². The van der Waals surface area contributed by atoms with Gasteiger partial charge in [0.2, 0.25) is 0 Å². The van der Waals surface area contributed by atoms with Crippen molar-refractivity contribution < 1.29 is 15.4 Å². The molecule has 88 valence electrons. The number of thiol groups is 1. The molecule has 0 aliphatic rings. The topological polar surface area (TPSA) is 73.1 Å². The van der Waals surface area contributed by atoms with Crippen molar-refractivity contribution >= 4 is 18.8 Å². The summed E-state index contributed by atoms with van der Waals surface area (Å²) < 4.78 is 0. The van der Waals surface area contributed by atoms with Gasteiger partial charge in [0, 0.05) is 0 Å². The number of hydrogen-bond acceptors (Lipinski definition) is 5. The minimum Gasteiger partial charge on any atom is -0.411 e. The Hall–Kier alpha value is -1.04. The van der Waals surface area contributed by atoms with E-state index in [1.807, 2.05) is 0 Å². The van der Waals surface area contributed by atoms with Crippen LogP contribution in [0, 0.1) is 0 Å². The van der Waals surface area contributed by atoms with Crippen LogP contribution in [0.2, 0.25) is 0 Å². The van der Waals surface area contributed by atoms with Gasteiger partial charge in [-0.3, -0.25) is 0 Å². The van der Waals surface area contributed by atoms with E-state index in [-0.39, 0.29) is 0 Å². The number of hydrogen-bond donors (Lipinski definition) is 4. The lowest BCUT2D eigenvalue weighted by Crippen LogP contribution is -2.18. The van der Waals surface area contributed by atoms with Gasteiger partial charge in [0.15, 0.2) is 0 Å². The third-order valence-electron chi connectivity index (χ3n) is 2.25. The first kappa shape index (κ1) is 13.0. The van der Waals surface area contributed by atoms with Crippen LogP contribution < -0.4 is 0 Å². The third-order valence-corrected chi connectivity index (χ3v) is 2.51. The molecule has 0 heterocycles. The highest BCUT2D eigenvalue weighted by atomic mass is 32.1. The van der Waals surface area contributed by atoms with E-state index < -0.39 is 12.2 Å². The second-order valence-corrected chi connectivity index (χ2v) is 3.89. The Labute approximate surface area is 99.6 Å². The Morgan fingerprint density at radius 3 is 2.75 bits per heavy atom. The molecule has 0 aromatic heterocycles. The van der Waals surface area contributed by atoms with Crippen LogP contribution in [0.4, 0.5) is 0 Å². The molecule has 0 spiro atoms. The largest absolute Gasteiger partial charge is 0.411 e. The zero-order chi connectivity index (χ0) is 12.0. The van der Waals surface area contributed by atoms with E-state index in [0.29, 0.717) is 23.3 Å². The first-order valence-corrected chi connectivity index (χ1v) is 5.56. The number of oxime groups is 1. The summed E-state index contributed by atoms with van der Waals surface area (Å²) in [5.41, 5.74) is 1.25. The Morgan fingerprint density at radius 2 is 2.12 bits per heavy atom. The van der Waals surface area contributed by atoms with Crippen molar-refractivity contribution in [1.82, 2.24) is 0 Å². The molecule has 2 atom stereocenters. The second-order valence-electron chi connectivity index (χ2n) is 3.44. The molecule has 1 rings (SSSR count). The van der Waals surface area contributed by atoms with Gasteiger partial charge in [-0.05, 0) is 29.4 Å². The van der Waals surface area contributed by atoms with E-state index in [1.165, 1.54) is 6.21 Å². The van der Waals surface area contributed by atoms with Crippen LogP contribution in [0.1, 0.15) is 23.7 Å². The van der Waals surface area contributed by atoms with Crippen LogP contribution in [0.3, 0.4) is 0 Å². The summed E-state index contributed by atoms with van der Waals surface area (Å²) in [4.78, 5) is 0. The van der Waals surface area contributed by atoms with Gasteiger partial charge < -0.3 is 15.4 Å². The fraction of sp³-hybridized carbons (Fsp3) is 0.364. The minimum atomic E-state index is -0.945. The Morgan fingerprint density at radius 1 is 1.38 bits per heavy atom. The molecule has 0 saturated heterocycles. The molecule has 1 aromatic rings. The van der Waals surface area contributed by atoms with Gasteiger partial charge in [0.25, 0.3) is 0 Å². The normalized spacial score (nSPS) is 15.2. The predicted octanol–water partition coefficient (Wildman–Crippen LogP) is 1.21. The van der Waals surface area contributed by atoms with E-state index in [9.17, 15) is 10.2 Å². The molecule has 0 fully saturated rings. The van der Waals surface area contributed by atoms with Crippen LogP contribution in [0.5, 0.6) is 0 Å². The summed E-state index contributed by atoms with van der Waals surface area (Å²) in [6.45, 7) is 0. The smallest absolute Gasteiger partial charge is 0.105 e. The molecule has 0 amide bonds. The molecular weight excluding hydrogens is 226 g/mol. The van der Waals surface area contributed by atoms with Crippen molar-refractivity contribution in [1.29, 1.82) is 0 Å². The van der Waals surface area contributed by atoms with E-state index in [1.54, 1.807) is 24.3 Å². The maximum Gasteiger partial charge on any atom is 0.105 e. The van der Waals surface area contributed by atoms with Crippen molar-refractivity contribution in [2.45, 2.75) is 18.6 Å². The fourth-order valence-electron chi connectivity index (χ4n) is 1.40. The SMILES string of the molecule is ON=Cc1cccc(C(O)C(O)CCS)c1. The first-order valence-electron chi connectivity index (χ1n) is 4.93. The van der Waals surface area contributed by atoms with Gasteiger partial charge in [-0.25, -0.2) is 0 Å². The summed E-state index contributed by atoms with van der Waals surface area (Å²) in [6.07, 6.45) is -0.0953. The van der Waals surface area contributed by atoms with Gasteiger partial charge in [0.1, 0.15) is 6.10 Å². The lowest BCUT2D eigenvalue weighted by Gasteiger charge is -2.17. The standard InChI is InChI=1S/C11H15NO3S/c13-10(4-5-16)11(14)9-3-1-2-8(6-9)7-12-15/h1-3,6-7,10-11,13-16H,4-5H2. The van der Waals surface area contributed by atoms with Gasteiger partial charge in [0.05, 0.1) is 12.3 Å². The van der Waals surface area contributed by atoms with E-state index >= 15 is 0 Å². The van der Waals surface area contributed by atoms with Crippen molar-refractivity contribution in [2.75, 3.05) is 5.75 Å². The number of benzene rings is 1. The third kappa shape index (κ3) is 3.52. The molecular formula is C11H15NO3S. The molecule has 5 heteroatoms. The van der Waals surface area contributed by atoms with Crippen LogP contribution in [0.15, 0.2) is 29.4 Å². The number of rotatable bonds is 5. The van der Waals surface area contributed by atoms with Gasteiger partial charge in [-0.1, -0.05) is 23.4 Å². The van der Waals surface area contributed by atoms with Crippen molar-refractivity contribution in [3.8, 4) is 0 Å². The highest BCUT2D eigenvalue weighted by molar-refractivity contribution is 7.80. The van der Waals surface area contributed by atoms with Crippen molar-refractivity contribution in [3.05, 3.63) is 35.4 Å². The average Bonchev–Trinajstić information content (AvgIpc) is 2.29. The molecule has 0 aliphatic heterocycles. The lowest BCUT2D eigenvalue weighted by atomic mass is 10.0. The van der Waals surface area contributed by atoms with Gasteiger partial charge in [-0.2, -0.15) is 12.6 Å². The summed E-state index contributed by atoms with van der Waals surface area (Å²) in [6, 6.07) is 6.83. The van der Waals surface area contributed by atoms with Crippen molar-refractivity contribution in [3.63, 3.8) is 0 Å². The quantitative estimate of drug-likeness (QED) is 0.271. The monoisotopic (exact) mass is 241 g/mol.